The lowest BCUT2D eigenvalue weighted by Crippen LogP contribution is -2.14. The van der Waals surface area contributed by atoms with Crippen molar-refractivity contribution in [3.05, 3.63) is 59.2 Å². The third-order valence-electron chi connectivity index (χ3n) is 3.93. The van der Waals surface area contributed by atoms with E-state index in [1.54, 1.807) is 13.0 Å². The van der Waals surface area contributed by atoms with Gasteiger partial charge in [0.25, 0.3) is 5.91 Å². The summed E-state index contributed by atoms with van der Waals surface area (Å²) in [5.74, 6) is 0.219. The third kappa shape index (κ3) is 4.44. The van der Waals surface area contributed by atoms with Crippen molar-refractivity contribution in [2.24, 2.45) is 0 Å². The van der Waals surface area contributed by atoms with Gasteiger partial charge < -0.3 is 10.6 Å². The Labute approximate surface area is 143 Å². The van der Waals surface area contributed by atoms with E-state index in [2.05, 4.69) is 24.5 Å². The zero-order valence-electron chi connectivity index (χ0n) is 14.6. The van der Waals surface area contributed by atoms with Crippen molar-refractivity contribution >= 4 is 23.2 Å². The van der Waals surface area contributed by atoms with E-state index < -0.39 is 0 Å². The molecular formula is C20H24N2O2. The fourth-order valence-electron chi connectivity index (χ4n) is 2.30. The highest BCUT2D eigenvalue weighted by Gasteiger charge is 2.09. The highest BCUT2D eigenvalue weighted by Crippen LogP contribution is 2.21. The standard InChI is InChI=1S/C20H24N2O2/c1-5-19(23)22-18-12-17(11-6-14(18)4)21-20(24)16-9-7-15(8-10-16)13(2)3/h6-13H,5H2,1-4H3,(H,21,24)(H,22,23). The van der Waals surface area contributed by atoms with Crippen LogP contribution in [0.4, 0.5) is 11.4 Å². The quantitative estimate of drug-likeness (QED) is 0.836. The number of aryl methyl sites for hydroxylation is 1. The molecule has 0 radical (unpaired) electrons. The number of nitrogens with one attached hydrogen (secondary N) is 2. The summed E-state index contributed by atoms with van der Waals surface area (Å²) in [6.07, 6.45) is 0.415. The molecule has 0 unspecified atom stereocenters. The van der Waals surface area contributed by atoms with Gasteiger partial charge in [-0.1, -0.05) is 39.0 Å². The molecule has 0 aliphatic heterocycles. The van der Waals surface area contributed by atoms with E-state index in [0.29, 0.717) is 23.6 Å². The van der Waals surface area contributed by atoms with Crippen LogP contribution in [0, 0.1) is 6.92 Å². The second-order valence-corrected chi connectivity index (χ2v) is 6.16. The Hall–Kier alpha value is -2.62. The first-order chi connectivity index (χ1) is 11.4. The van der Waals surface area contributed by atoms with Gasteiger partial charge in [0.2, 0.25) is 5.91 Å². The SMILES string of the molecule is CCC(=O)Nc1cc(NC(=O)c2ccc(C(C)C)cc2)ccc1C. The van der Waals surface area contributed by atoms with Crippen LogP contribution in [-0.4, -0.2) is 11.8 Å². The lowest BCUT2D eigenvalue weighted by molar-refractivity contribution is -0.115. The van der Waals surface area contributed by atoms with Crippen LogP contribution in [0.2, 0.25) is 0 Å². The molecule has 2 N–H and O–H groups in total. The molecule has 0 spiro atoms. The molecule has 0 heterocycles. The Morgan fingerprint density at radius 3 is 2.25 bits per heavy atom. The Morgan fingerprint density at radius 2 is 1.67 bits per heavy atom. The van der Waals surface area contributed by atoms with E-state index in [1.807, 2.05) is 43.3 Å². The summed E-state index contributed by atoms with van der Waals surface area (Å²) in [5, 5.41) is 5.72. The fraction of sp³-hybridized carbons (Fsp3) is 0.300. The molecule has 24 heavy (non-hydrogen) atoms. The number of benzene rings is 2. The number of anilines is 2. The molecular weight excluding hydrogens is 300 g/mol. The van der Waals surface area contributed by atoms with Crippen LogP contribution in [0.5, 0.6) is 0 Å². The Balaban J connectivity index is 2.13. The number of hydrogen-bond donors (Lipinski definition) is 2. The second kappa shape index (κ2) is 7.77. The monoisotopic (exact) mass is 324 g/mol. The maximum atomic E-state index is 12.4. The lowest BCUT2D eigenvalue weighted by atomic mass is 10.0. The number of rotatable bonds is 5. The van der Waals surface area contributed by atoms with E-state index in [1.165, 1.54) is 5.56 Å². The van der Waals surface area contributed by atoms with Crippen LogP contribution >= 0.6 is 0 Å². The Kier molecular flexibility index (Phi) is 5.74. The van der Waals surface area contributed by atoms with Gasteiger partial charge in [-0.2, -0.15) is 0 Å². The number of amides is 2. The minimum absolute atomic E-state index is 0.0501. The number of carbonyl (C=O) groups excluding carboxylic acids is 2. The topological polar surface area (TPSA) is 58.2 Å². The summed E-state index contributed by atoms with van der Waals surface area (Å²) in [6, 6.07) is 13.1. The van der Waals surface area contributed by atoms with E-state index >= 15 is 0 Å². The second-order valence-electron chi connectivity index (χ2n) is 6.16. The third-order valence-corrected chi connectivity index (χ3v) is 3.93. The van der Waals surface area contributed by atoms with Gasteiger partial charge in [0.05, 0.1) is 0 Å². The summed E-state index contributed by atoms with van der Waals surface area (Å²) in [5.41, 5.74) is 4.14. The molecule has 4 heteroatoms. The predicted molar refractivity (Wildman–Crippen MR) is 98.6 cm³/mol. The van der Waals surface area contributed by atoms with E-state index in [0.717, 1.165) is 11.3 Å². The molecule has 4 nitrogen and oxygen atoms in total. The van der Waals surface area contributed by atoms with Crippen LogP contribution < -0.4 is 10.6 Å². The number of carbonyl (C=O) groups is 2. The first-order valence-corrected chi connectivity index (χ1v) is 8.22. The lowest BCUT2D eigenvalue weighted by Gasteiger charge is -2.12. The van der Waals surface area contributed by atoms with Crippen LogP contribution in [-0.2, 0) is 4.79 Å². The van der Waals surface area contributed by atoms with Crippen molar-refractivity contribution < 1.29 is 9.59 Å². The highest BCUT2D eigenvalue weighted by atomic mass is 16.2. The molecule has 0 saturated heterocycles. The van der Waals surface area contributed by atoms with Gasteiger partial charge in [-0.05, 0) is 48.2 Å². The van der Waals surface area contributed by atoms with Crippen molar-refractivity contribution in [3.8, 4) is 0 Å². The average molecular weight is 324 g/mol. The average Bonchev–Trinajstić information content (AvgIpc) is 2.57. The summed E-state index contributed by atoms with van der Waals surface area (Å²) in [4.78, 5) is 23.9. The van der Waals surface area contributed by atoms with E-state index in [-0.39, 0.29) is 11.8 Å². The molecule has 0 fully saturated rings. The minimum atomic E-state index is -0.165. The summed E-state index contributed by atoms with van der Waals surface area (Å²) < 4.78 is 0. The molecule has 2 aromatic carbocycles. The first-order valence-electron chi connectivity index (χ1n) is 8.22. The molecule has 2 rings (SSSR count). The molecule has 2 aromatic rings. The van der Waals surface area contributed by atoms with Gasteiger partial charge in [0.1, 0.15) is 0 Å². The maximum Gasteiger partial charge on any atom is 0.255 e. The van der Waals surface area contributed by atoms with Crippen molar-refractivity contribution in [1.82, 2.24) is 0 Å². The normalized spacial score (nSPS) is 10.5. The molecule has 0 aromatic heterocycles. The van der Waals surface area contributed by atoms with Crippen LogP contribution in [0.3, 0.4) is 0 Å². The van der Waals surface area contributed by atoms with E-state index in [4.69, 9.17) is 0 Å². The zero-order chi connectivity index (χ0) is 17.7. The minimum Gasteiger partial charge on any atom is -0.326 e. The van der Waals surface area contributed by atoms with Gasteiger partial charge in [0.15, 0.2) is 0 Å². The van der Waals surface area contributed by atoms with Gasteiger partial charge in [-0.25, -0.2) is 0 Å². The molecule has 0 aliphatic rings. The Morgan fingerprint density at radius 1 is 1.00 bits per heavy atom. The van der Waals surface area contributed by atoms with E-state index in [9.17, 15) is 9.59 Å². The number of hydrogen-bond acceptors (Lipinski definition) is 2. The van der Waals surface area contributed by atoms with Crippen molar-refractivity contribution in [2.75, 3.05) is 10.6 Å². The molecule has 126 valence electrons. The first kappa shape index (κ1) is 17.7. The fourth-order valence-corrected chi connectivity index (χ4v) is 2.30. The van der Waals surface area contributed by atoms with Crippen molar-refractivity contribution in [2.45, 2.75) is 40.0 Å². The maximum absolute atomic E-state index is 12.4. The van der Waals surface area contributed by atoms with Crippen LogP contribution in [0.25, 0.3) is 0 Å². The summed E-state index contributed by atoms with van der Waals surface area (Å²) >= 11 is 0. The summed E-state index contributed by atoms with van der Waals surface area (Å²) in [7, 11) is 0. The van der Waals surface area contributed by atoms with Crippen molar-refractivity contribution in [1.29, 1.82) is 0 Å². The summed E-state index contributed by atoms with van der Waals surface area (Å²) in [6.45, 7) is 7.96. The smallest absolute Gasteiger partial charge is 0.255 e. The Bertz CT molecular complexity index is 734. The zero-order valence-corrected chi connectivity index (χ0v) is 14.6. The highest BCUT2D eigenvalue weighted by molar-refractivity contribution is 6.04. The molecule has 0 saturated carbocycles. The van der Waals surface area contributed by atoms with Crippen molar-refractivity contribution in [3.63, 3.8) is 0 Å². The van der Waals surface area contributed by atoms with Crippen LogP contribution in [0.1, 0.15) is 54.6 Å². The van der Waals surface area contributed by atoms with Gasteiger partial charge >= 0.3 is 0 Å². The van der Waals surface area contributed by atoms with Gasteiger partial charge in [0, 0.05) is 23.4 Å². The van der Waals surface area contributed by atoms with Crippen LogP contribution in [0.15, 0.2) is 42.5 Å². The molecule has 2 amide bonds. The molecule has 0 atom stereocenters. The largest absolute Gasteiger partial charge is 0.326 e. The van der Waals surface area contributed by atoms with Gasteiger partial charge in [-0.3, -0.25) is 9.59 Å². The predicted octanol–water partition coefficient (Wildman–Crippen LogP) is 4.72. The molecule has 0 bridgehead atoms. The van der Waals surface area contributed by atoms with Gasteiger partial charge in [-0.15, -0.1) is 0 Å². The molecule has 0 aliphatic carbocycles.